The Morgan fingerprint density at radius 3 is 2.68 bits per heavy atom. The molecule has 5 nitrogen and oxygen atoms in total. The van der Waals surface area contributed by atoms with Crippen molar-refractivity contribution < 1.29 is 9.59 Å². The number of benzene rings is 1. The first-order valence-electron chi connectivity index (χ1n) is 6.38. The molecule has 1 saturated heterocycles. The van der Waals surface area contributed by atoms with E-state index in [9.17, 15) is 9.59 Å². The minimum Gasteiger partial charge on any atom is -0.345 e. The minimum absolute atomic E-state index is 0.000882. The molecule has 2 rings (SSSR count). The zero-order valence-electron chi connectivity index (χ0n) is 11.3. The van der Waals surface area contributed by atoms with Gasteiger partial charge in [-0.2, -0.15) is 0 Å². The van der Waals surface area contributed by atoms with Crippen molar-refractivity contribution in [2.45, 2.75) is 6.42 Å². The standard InChI is InChI=1S/C14H19N3O2/c1-17(2)14(19)11-4-3-5-12(7-11)16-13(18)6-10-8-15-9-10/h3-5,7,10,15H,6,8-9H2,1-2H3,(H,16,18). The highest BCUT2D eigenvalue weighted by atomic mass is 16.2. The lowest BCUT2D eigenvalue weighted by Gasteiger charge is -2.26. The van der Waals surface area contributed by atoms with Crippen molar-refractivity contribution in [1.82, 2.24) is 10.2 Å². The van der Waals surface area contributed by atoms with E-state index in [1.165, 1.54) is 4.90 Å². The van der Waals surface area contributed by atoms with Crippen LogP contribution in [0.1, 0.15) is 16.8 Å². The summed E-state index contributed by atoms with van der Waals surface area (Å²) in [5, 5.41) is 5.97. The molecule has 1 heterocycles. The average Bonchev–Trinajstić information content (AvgIpc) is 2.33. The van der Waals surface area contributed by atoms with Crippen LogP contribution in [0.2, 0.25) is 0 Å². The van der Waals surface area contributed by atoms with Crippen LogP contribution in [-0.2, 0) is 4.79 Å². The van der Waals surface area contributed by atoms with E-state index in [2.05, 4.69) is 10.6 Å². The molecule has 0 saturated carbocycles. The van der Waals surface area contributed by atoms with Gasteiger partial charge in [0.1, 0.15) is 0 Å². The van der Waals surface area contributed by atoms with Crippen LogP contribution in [0.4, 0.5) is 5.69 Å². The van der Waals surface area contributed by atoms with Crippen LogP contribution in [0, 0.1) is 5.92 Å². The first-order valence-corrected chi connectivity index (χ1v) is 6.38. The van der Waals surface area contributed by atoms with Crippen molar-refractivity contribution >= 4 is 17.5 Å². The molecule has 0 spiro atoms. The summed E-state index contributed by atoms with van der Waals surface area (Å²) < 4.78 is 0. The molecule has 5 heteroatoms. The Hall–Kier alpha value is -1.88. The second-order valence-corrected chi connectivity index (χ2v) is 5.06. The average molecular weight is 261 g/mol. The van der Waals surface area contributed by atoms with E-state index in [-0.39, 0.29) is 11.8 Å². The molecule has 0 atom stereocenters. The summed E-state index contributed by atoms with van der Waals surface area (Å²) in [7, 11) is 3.41. The first kappa shape index (κ1) is 13.5. The molecule has 1 aliphatic rings. The summed E-state index contributed by atoms with van der Waals surface area (Å²) in [6, 6.07) is 7.02. The Morgan fingerprint density at radius 1 is 1.37 bits per heavy atom. The van der Waals surface area contributed by atoms with Crippen LogP contribution in [0.3, 0.4) is 0 Å². The molecule has 1 aromatic carbocycles. The Kier molecular flexibility index (Phi) is 4.16. The lowest BCUT2D eigenvalue weighted by Crippen LogP contribution is -2.43. The van der Waals surface area contributed by atoms with E-state index in [1.807, 2.05) is 0 Å². The molecule has 19 heavy (non-hydrogen) atoms. The van der Waals surface area contributed by atoms with Gasteiger partial charge in [0.05, 0.1) is 0 Å². The molecule has 0 bridgehead atoms. The summed E-state index contributed by atoms with van der Waals surface area (Å²) in [4.78, 5) is 25.1. The first-order chi connectivity index (χ1) is 9.06. The van der Waals surface area contributed by atoms with E-state index in [0.717, 1.165) is 13.1 Å². The number of hydrogen-bond acceptors (Lipinski definition) is 3. The third-order valence-corrected chi connectivity index (χ3v) is 3.14. The van der Waals surface area contributed by atoms with Crippen molar-refractivity contribution in [3.05, 3.63) is 29.8 Å². The van der Waals surface area contributed by atoms with E-state index in [0.29, 0.717) is 23.6 Å². The van der Waals surface area contributed by atoms with Gasteiger partial charge in [-0.1, -0.05) is 6.07 Å². The fourth-order valence-corrected chi connectivity index (χ4v) is 1.96. The summed E-state index contributed by atoms with van der Waals surface area (Å²) in [5.74, 6) is 0.367. The van der Waals surface area contributed by atoms with Gasteiger partial charge in [0.25, 0.3) is 5.91 Å². The summed E-state index contributed by atoms with van der Waals surface area (Å²) in [6.45, 7) is 1.82. The highest BCUT2D eigenvalue weighted by molar-refractivity contribution is 5.97. The van der Waals surface area contributed by atoms with Gasteiger partial charge in [-0.05, 0) is 37.2 Å². The topological polar surface area (TPSA) is 61.4 Å². The van der Waals surface area contributed by atoms with E-state index in [1.54, 1.807) is 38.4 Å². The van der Waals surface area contributed by atoms with Gasteiger partial charge < -0.3 is 15.5 Å². The molecule has 0 radical (unpaired) electrons. The Balaban J connectivity index is 1.98. The molecule has 0 unspecified atom stereocenters. The number of carbonyl (C=O) groups is 2. The molecular formula is C14H19N3O2. The number of carbonyl (C=O) groups excluding carboxylic acids is 2. The van der Waals surface area contributed by atoms with Gasteiger partial charge in [0.2, 0.25) is 5.91 Å². The summed E-state index contributed by atoms with van der Waals surface area (Å²) >= 11 is 0. The quantitative estimate of drug-likeness (QED) is 0.848. The Labute approximate surface area is 113 Å². The SMILES string of the molecule is CN(C)C(=O)c1cccc(NC(=O)CC2CNC2)c1. The highest BCUT2D eigenvalue weighted by Gasteiger charge is 2.20. The number of rotatable bonds is 4. The number of anilines is 1. The highest BCUT2D eigenvalue weighted by Crippen LogP contribution is 2.14. The smallest absolute Gasteiger partial charge is 0.253 e. The van der Waals surface area contributed by atoms with Gasteiger partial charge in [-0.15, -0.1) is 0 Å². The number of amides is 2. The Morgan fingerprint density at radius 2 is 2.11 bits per heavy atom. The van der Waals surface area contributed by atoms with Crippen LogP contribution in [0.15, 0.2) is 24.3 Å². The third kappa shape index (κ3) is 3.54. The lowest BCUT2D eigenvalue weighted by molar-refractivity contribution is -0.117. The maximum atomic E-state index is 11.8. The zero-order chi connectivity index (χ0) is 13.8. The van der Waals surface area contributed by atoms with E-state index in [4.69, 9.17) is 0 Å². The molecule has 2 amide bonds. The fourth-order valence-electron chi connectivity index (χ4n) is 1.96. The van der Waals surface area contributed by atoms with Crippen LogP contribution >= 0.6 is 0 Å². The van der Waals surface area contributed by atoms with Gasteiger partial charge in [0.15, 0.2) is 0 Å². The van der Waals surface area contributed by atoms with Crippen LogP contribution in [0.5, 0.6) is 0 Å². The normalized spacial score (nSPS) is 14.6. The van der Waals surface area contributed by atoms with E-state index >= 15 is 0 Å². The fraction of sp³-hybridized carbons (Fsp3) is 0.429. The van der Waals surface area contributed by atoms with Gasteiger partial charge >= 0.3 is 0 Å². The summed E-state index contributed by atoms with van der Waals surface area (Å²) in [5.41, 5.74) is 1.25. The molecule has 1 aliphatic heterocycles. The molecule has 102 valence electrons. The molecule has 1 fully saturated rings. The van der Waals surface area contributed by atoms with Crippen molar-refractivity contribution in [2.75, 3.05) is 32.5 Å². The van der Waals surface area contributed by atoms with Crippen LogP contribution in [-0.4, -0.2) is 43.9 Å². The summed E-state index contributed by atoms with van der Waals surface area (Å²) in [6.07, 6.45) is 0.527. The molecular weight excluding hydrogens is 242 g/mol. The monoisotopic (exact) mass is 261 g/mol. The van der Waals surface area contributed by atoms with Gasteiger partial charge in [0, 0.05) is 31.8 Å². The van der Waals surface area contributed by atoms with Crippen molar-refractivity contribution in [3.8, 4) is 0 Å². The second-order valence-electron chi connectivity index (χ2n) is 5.06. The van der Waals surface area contributed by atoms with Crippen molar-refractivity contribution in [3.63, 3.8) is 0 Å². The van der Waals surface area contributed by atoms with Crippen LogP contribution < -0.4 is 10.6 Å². The Bertz CT molecular complexity index is 481. The molecule has 0 aliphatic carbocycles. The van der Waals surface area contributed by atoms with Crippen molar-refractivity contribution in [2.24, 2.45) is 5.92 Å². The minimum atomic E-state index is -0.0701. The maximum absolute atomic E-state index is 11.8. The molecule has 2 N–H and O–H groups in total. The second kappa shape index (κ2) is 5.84. The van der Waals surface area contributed by atoms with Gasteiger partial charge in [-0.25, -0.2) is 0 Å². The zero-order valence-corrected chi connectivity index (χ0v) is 11.3. The van der Waals surface area contributed by atoms with E-state index < -0.39 is 0 Å². The number of nitrogens with one attached hydrogen (secondary N) is 2. The molecule has 0 aromatic heterocycles. The molecule has 1 aromatic rings. The van der Waals surface area contributed by atoms with Crippen LogP contribution in [0.25, 0.3) is 0 Å². The number of nitrogens with zero attached hydrogens (tertiary/aromatic N) is 1. The third-order valence-electron chi connectivity index (χ3n) is 3.14. The lowest BCUT2D eigenvalue weighted by atomic mass is 9.99. The number of hydrogen-bond donors (Lipinski definition) is 2. The van der Waals surface area contributed by atoms with Crippen molar-refractivity contribution in [1.29, 1.82) is 0 Å². The predicted octanol–water partition coefficient (Wildman–Crippen LogP) is 0.936. The van der Waals surface area contributed by atoms with Gasteiger partial charge in [-0.3, -0.25) is 9.59 Å². The maximum Gasteiger partial charge on any atom is 0.253 e. The predicted molar refractivity (Wildman–Crippen MR) is 74.1 cm³/mol. The largest absolute Gasteiger partial charge is 0.345 e.